The third kappa shape index (κ3) is 5.67. The second kappa shape index (κ2) is 10.7. The van der Waals surface area contributed by atoms with E-state index < -0.39 is 0 Å². The van der Waals surface area contributed by atoms with Gasteiger partial charge in [-0.2, -0.15) is 10.2 Å². The molecule has 0 aliphatic rings. The van der Waals surface area contributed by atoms with Gasteiger partial charge in [-0.25, -0.2) is 9.36 Å². The summed E-state index contributed by atoms with van der Waals surface area (Å²) in [6.07, 6.45) is 2.69. The van der Waals surface area contributed by atoms with Crippen LogP contribution in [0, 0.1) is 20.8 Å². The van der Waals surface area contributed by atoms with Gasteiger partial charge in [-0.1, -0.05) is 48.0 Å². The Morgan fingerprint density at radius 3 is 2.43 bits per heavy atom. The number of benzene rings is 2. The van der Waals surface area contributed by atoms with Gasteiger partial charge >= 0.3 is 0 Å². The molecule has 0 radical (unpaired) electrons. The van der Waals surface area contributed by atoms with Gasteiger partial charge in [0.25, 0.3) is 5.56 Å². The molecule has 1 amide bonds. The molecule has 182 valence electrons. The summed E-state index contributed by atoms with van der Waals surface area (Å²) >= 11 is 0. The largest absolute Gasteiger partial charge is 0.354 e. The summed E-state index contributed by atoms with van der Waals surface area (Å²) in [5.41, 5.74) is 5.18. The van der Waals surface area contributed by atoms with Crippen LogP contribution in [-0.2, 0) is 17.8 Å². The van der Waals surface area contributed by atoms with E-state index in [0.717, 1.165) is 40.9 Å². The van der Waals surface area contributed by atoms with E-state index in [2.05, 4.69) is 27.6 Å². The molecular weight excluding hydrogens is 438 g/mol. The molecule has 2 aromatic heterocycles. The average Bonchev–Trinajstić information content (AvgIpc) is 3.20. The summed E-state index contributed by atoms with van der Waals surface area (Å²) in [5, 5.41) is 13.0. The van der Waals surface area contributed by atoms with Crippen LogP contribution < -0.4 is 10.9 Å². The minimum Gasteiger partial charge on any atom is -0.354 e. The minimum absolute atomic E-state index is 0.00379. The highest BCUT2D eigenvalue weighted by atomic mass is 16.1. The molecule has 0 bridgehead atoms. The minimum atomic E-state index is -0.226. The van der Waals surface area contributed by atoms with E-state index in [0.29, 0.717) is 24.9 Å². The number of carbonyl (C=O) groups is 1. The predicted molar refractivity (Wildman–Crippen MR) is 139 cm³/mol. The van der Waals surface area contributed by atoms with Gasteiger partial charge in [0, 0.05) is 19.0 Å². The van der Waals surface area contributed by atoms with Crippen molar-refractivity contribution < 1.29 is 4.79 Å². The predicted octanol–water partition coefficient (Wildman–Crippen LogP) is 4.43. The molecule has 0 saturated heterocycles. The number of nitrogens with zero attached hydrogens (tertiary/aromatic N) is 4. The normalized spacial score (nSPS) is 12.1. The maximum atomic E-state index is 13.1. The quantitative estimate of drug-likeness (QED) is 0.392. The van der Waals surface area contributed by atoms with Crippen molar-refractivity contribution in [2.24, 2.45) is 0 Å². The van der Waals surface area contributed by atoms with Crippen LogP contribution in [0.5, 0.6) is 0 Å². The third-order valence-corrected chi connectivity index (χ3v) is 6.35. The lowest BCUT2D eigenvalue weighted by molar-refractivity contribution is -0.121. The number of rotatable bonds is 9. The van der Waals surface area contributed by atoms with Crippen molar-refractivity contribution in [2.45, 2.75) is 66.0 Å². The number of nitrogens with one attached hydrogen (secondary N) is 1. The highest BCUT2D eigenvalue weighted by molar-refractivity contribution is 5.83. The van der Waals surface area contributed by atoms with Gasteiger partial charge < -0.3 is 5.32 Å². The molecule has 0 unspecified atom stereocenters. The lowest BCUT2D eigenvalue weighted by atomic mass is 10.1. The maximum Gasteiger partial charge on any atom is 0.295 e. The first-order valence-electron chi connectivity index (χ1n) is 12.2. The lowest BCUT2D eigenvalue weighted by Crippen LogP contribution is -2.33. The Labute approximate surface area is 205 Å². The molecular formula is C28H33N5O2. The molecule has 7 nitrogen and oxygen atoms in total. The molecule has 1 N–H and O–H groups in total. The molecule has 0 aliphatic carbocycles. The molecule has 1 atom stereocenters. The molecule has 0 spiro atoms. The van der Waals surface area contributed by atoms with Crippen LogP contribution in [0.15, 0.2) is 59.4 Å². The van der Waals surface area contributed by atoms with Gasteiger partial charge in [-0.05, 0) is 64.7 Å². The van der Waals surface area contributed by atoms with Crippen molar-refractivity contribution in [3.8, 4) is 5.69 Å². The summed E-state index contributed by atoms with van der Waals surface area (Å²) in [6, 6.07) is 18.4. The van der Waals surface area contributed by atoms with Crippen LogP contribution in [-0.4, -0.2) is 31.5 Å². The Kier molecular flexibility index (Phi) is 7.44. The Morgan fingerprint density at radius 2 is 1.71 bits per heavy atom. The van der Waals surface area contributed by atoms with Crippen LogP contribution in [0.3, 0.4) is 0 Å². The van der Waals surface area contributed by atoms with Crippen LogP contribution in [0.4, 0.5) is 0 Å². The van der Waals surface area contributed by atoms with E-state index in [9.17, 15) is 9.59 Å². The van der Waals surface area contributed by atoms with Crippen molar-refractivity contribution in [1.82, 2.24) is 24.9 Å². The van der Waals surface area contributed by atoms with E-state index in [1.165, 1.54) is 10.2 Å². The van der Waals surface area contributed by atoms with Crippen LogP contribution in [0.2, 0.25) is 0 Å². The zero-order valence-corrected chi connectivity index (χ0v) is 20.9. The molecule has 0 aliphatic heterocycles. The first kappa shape index (κ1) is 24.4. The highest BCUT2D eigenvalue weighted by Crippen LogP contribution is 2.21. The van der Waals surface area contributed by atoms with Gasteiger partial charge in [0.1, 0.15) is 0 Å². The number of hydrogen-bond acceptors (Lipinski definition) is 4. The Balaban J connectivity index is 1.38. The van der Waals surface area contributed by atoms with Crippen molar-refractivity contribution in [1.29, 1.82) is 0 Å². The summed E-state index contributed by atoms with van der Waals surface area (Å²) in [5.74, 6) is -0.00379. The van der Waals surface area contributed by atoms with Crippen molar-refractivity contribution >= 4 is 16.8 Å². The monoisotopic (exact) mass is 471 g/mol. The molecule has 4 rings (SSSR count). The summed E-state index contributed by atoms with van der Waals surface area (Å²) in [6.45, 7) is 8.29. The zero-order valence-electron chi connectivity index (χ0n) is 20.9. The van der Waals surface area contributed by atoms with E-state index in [1.54, 1.807) is 4.68 Å². The Morgan fingerprint density at radius 1 is 1.00 bits per heavy atom. The van der Waals surface area contributed by atoms with Crippen LogP contribution in [0.25, 0.3) is 16.6 Å². The van der Waals surface area contributed by atoms with Gasteiger partial charge in [0.2, 0.25) is 5.91 Å². The molecule has 35 heavy (non-hydrogen) atoms. The average molecular weight is 472 g/mol. The molecule has 4 aromatic rings. The van der Waals surface area contributed by atoms with Crippen molar-refractivity contribution in [3.63, 3.8) is 0 Å². The zero-order chi connectivity index (χ0) is 24.9. The third-order valence-electron chi connectivity index (χ3n) is 6.35. The highest BCUT2D eigenvalue weighted by Gasteiger charge is 2.17. The first-order chi connectivity index (χ1) is 16.8. The van der Waals surface area contributed by atoms with E-state index in [4.69, 9.17) is 0 Å². The van der Waals surface area contributed by atoms with E-state index >= 15 is 0 Å². The summed E-state index contributed by atoms with van der Waals surface area (Å²) < 4.78 is 3.24. The Bertz CT molecular complexity index is 1370. The fourth-order valence-electron chi connectivity index (χ4n) is 4.41. The molecule has 2 aromatic carbocycles. The number of aryl methyl sites for hydroxylation is 5. The second-order valence-corrected chi connectivity index (χ2v) is 9.27. The van der Waals surface area contributed by atoms with Crippen molar-refractivity contribution in [2.75, 3.05) is 0 Å². The van der Waals surface area contributed by atoms with Gasteiger partial charge in [0.15, 0.2) is 5.52 Å². The number of carbonyl (C=O) groups excluding carboxylic acids is 1. The molecule has 0 saturated carbocycles. The SMILES string of the molecule is Cc1ccc(-n2nc3c(=O)n(CCCC(=O)N[C@@H](C)CCc4ccccc4)nc(C)c3c2C)cc1. The van der Waals surface area contributed by atoms with Crippen LogP contribution >= 0.6 is 0 Å². The topological polar surface area (TPSA) is 81.8 Å². The van der Waals surface area contributed by atoms with Gasteiger partial charge in [-0.3, -0.25) is 9.59 Å². The molecule has 2 heterocycles. The number of aromatic nitrogens is 4. The van der Waals surface area contributed by atoms with Crippen LogP contribution in [0.1, 0.15) is 48.7 Å². The number of fused-ring (bicyclic) bond motifs is 1. The second-order valence-electron chi connectivity index (χ2n) is 9.27. The fourth-order valence-corrected chi connectivity index (χ4v) is 4.41. The fraction of sp³-hybridized carbons (Fsp3) is 0.357. The maximum absolute atomic E-state index is 13.1. The number of amides is 1. The van der Waals surface area contributed by atoms with Gasteiger partial charge in [0.05, 0.1) is 22.5 Å². The van der Waals surface area contributed by atoms with E-state index in [1.807, 2.05) is 70.2 Å². The molecule has 7 heteroatoms. The Hall–Kier alpha value is -3.74. The molecule has 0 fully saturated rings. The first-order valence-corrected chi connectivity index (χ1v) is 12.2. The lowest BCUT2D eigenvalue weighted by Gasteiger charge is -2.14. The van der Waals surface area contributed by atoms with Crippen molar-refractivity contribution in [3.05, 3.63) is 87.5 Å². The van der Waals surface area contributed by atoms with E-state index in [-0.39, 0.29) is 17.5 Å². The van der Waals surface area contributed by atoms with Gasteiger partial charge in [-0.15, -0.1) is 0 Å². The summed E-state index contributed by atoms with van der Waals surface area (Å²) in [7, 11) is 0. The smallest absolute Gasteiger partial charge is 0.295 e. The standard InChI is InChI=1S/C28H33N5O2/c1-19-12-16-24(17-13-19)33-22(4)26-21(3)30-32(28(35)27(26)31-33)18-8-11-25(34)29-20(2)14-15-23-9-6-5-7-10-23/h5-7,9-10,12-13,16-17,20H,8,11,14-15,18H2,1-4H3,(H,29,34)/t20-/m0/s1. The number of hydrogen-bond donors (Lipinski definition) is 1. The summed E-state index contributed by atoms with van der Waals surface area (Å²) in [4.78, 5) is 25.5.